The van der Waals surface area contributed by atoms with Crippen LogP contribution in [0, 0.1) is 12.3 Å². The van der Waals surface area contributed by atoms with E-state index in [0.717, 1.165) is 5.56 Å². The maximum absolute atomic E-state index is 7.89. The number of amidine groups is 1. The molecule has 0 radical (unpaired) electrons. The van der Waals surface area contributed by atoms with Crippen LogP contribution in [0.2, 0.25) is 0 Å². The number of hydrogen-bond donors (Lipinski definition) is 1. The number of likely N-dealkylation sites (N-methyl/N-ethyl adjacent to an activating group) is 1. The van der Waals surface area contributed by atoms with E-state index in [-0.39, 0.29) is 0 Å². The van der Waals surface area contributed by atoms with Crippen LogP contribution in [0.3, 0.4) is 0 Å². The fourth-order valence-corrected chi connectivity index (χ4v) is 1.22. The molecule has 1 rings (SSSR count). The second kappa shape index (κ2) is 4.61. The summed E-state index contributed by atoms with van der Waals surface area (Å²) in [5.74, 6) is 0.532. The lowest BCUT2D eigenvalue weighted by Gasteiger charge is -2.17. The lowest BCUT2D eigenvalue weighted by atomic mass is 10.1. The molecule has 1 aromatic carbocycles. The molecule has 0 heterocycles. The topological polar surface area (TPSA) is 27.1 Å². The van der Waals surface area contributed by atoms with Crippen LogP contribution in [-0.4, -0.2) is 24.3 Å². The van der Waals surface area contributed by atoms with E-state index in [9.17, 15) is 0 Å². The monoisotopic (exact) mass is 188 g/mol. The molecule has 0 atom stereocenters. The molecular formula is C12H16N2. The van der Waals surface area contributed by atoms with Gasteiger partial charge in [-0.15, -0.1) is 6.58 Å². The molecule has 2 heteroatoms. The molecule has 0 aliphatic heterocycles. The molecule has 0 aliphatic rings. The summed E-state index contributed by atoms with van der Waals surface area (Å²) >= 11 is 0. The highest BCUT2D eigenvalue weighted by Gasteiger charge is 2.04. The summed E-state index contributed by atoms with van der Waals surface area (Å²) in [4.78, 5) is 1.86. The van der Waals surface area contributed by atoms with Gasteiger partial charge in [0.05, 0.1) is 0 Å². The van der Waals surface area contributed by atoms with Crippen LogP contribution < -0.4 is 0 Å². The zero-order chi connectivity index (χ0) is 10.6. The maximum atomic E-state index is 7.89. The Labute approximate surface area is 85.4 Å². The fraction of sp³-hybridized carbons (Fsp3) is 0.250. The van der Waals surface area contributed by atoms with Crippen LogP contribution in [-0.2, 0) is 0 Å². The first-order chi connectivity index (χ1) is 6.65. The van der Waals surface area contributed by atoms with E-state index in [1.54, 1.807) is 6.08 Å². The van der Waals surface area contributed by atoms with Crippen LogP contribution in [0.1, 0.15) is 11.1 Å². The van der Waals surface area contributed by atoms with Gasteiger partial charge in [-0.1, -0.05) is 35.9 Å². The van der Waals surface area contributed by atoms with Crippen LogP contribution in [0.5, 0.6) is 0 Å². The summed E-state index contributed by atoms with van der Waals surface area (Å²) in [5.41, 5.74) is 2.16. The molecular weight excluding hydrogens is 172 g/mol. The van der Waals surface area contributed by atoms with Gasteiger partial charge in [-0.05, 0) is 6.92 Å². The normalized spacial score (nSPS) is 9.57. The Bertz CT molecular complexity index is 325. The highest BCUT2D eigenvalue weighted by molar-refractivity contribution is 5.96. The Morgan fingerprint density at radius 1 is 1.43 bits per heavy atom. The van der Waals surface area contributed by atoms with Crippen LogP contribution >= 0.6 is 0 Å². The summed E-state index contributed by atoms with van der Waals surface area (Å²) < 4.78 is 0. The molecule has 0 bridgehead atoms. The molecule has 0 saturated heterocycles. The first-order valence-electron chi connectivity index (χ1n) is 4.62. The number of rotatable bonds is 3. The summed E-state index contributed by atoms with van der Waals surface area (Å²) in [5, 5.41) is 7.89. The second-order valence-electron chi connectivity index (χ2n) is 3.38. The third-order valence-electron chi connectivity index (χ3n) is 2.11. The van der Waals surface area contributed by atoms with Crippen molar-refractivity contribution in [1.29, 1.82) is 5.41 Å². The van der Waals surface area contributed by atoms with Gasteiger partial charge in [0.1, 0.15) is 5.84 Å². The number of benzene rings is 1. The van der Waals surface area contributed by atoms with Crippen molar-refractivity contribution in [3.63, 3.8) is 0 Å². The second-order valence-corrected chi connectivity index (χ2v) is 3.38. The van der Waals surface area contributed by atoms with Gasteiger partial charge >= 0.3 is 0 Å². The number of hydrogen-bond acceptors (Lipinski definition) is 1. The molecule has 74 valence electrons. The quantitative estimate of drug-likeness (QED) is 0.440. The van der Waals surface area contributed by atoms with E-state index < -0.39 is 0 Å². The van der Waals surface area contributed by atoms with Crippen molar-refractivity contribution < 1.29 is 0 Å². The van der Waals surface area contributed by atoms with Crippen molar-refractivity contribution in [3.8, 4) is 0 Å². The Morgan fingerprint density at radius 3 is 2.50 bits per heavy atom. The van der Waals surface area contributed by atoms with Crippen molar-refractivity contribution in [3.05, 3.63) is 48.0 Å². The highest BCUT2D eigenvalue weighted by atomic mass is 15.1. The molecule has 2 nitrogen and oxygen atoms in total. The van der Waals surface area contributed by atoms with Crippen LogP contribution in [0.25, 0.3) is 0 Å². The van der Waals surface area contributed by atoms with Gasteiger partial charge in [-0.3, -0.25) is 5.41 Å². The first kappa shape index (κ1) is 10.5. The van der Waals surface area contributed by atoms with E-state index >= 15 is 0 Å². The van der Waals surface area contributed by atoms with Crippen molar-refractivity contribution in [1.82, 2.24) is 4.90 Å². The molecule has 14 heavy (non-hydrogen) atoms. The van der Waals surface area contributed by atoms with E-state index in [2.05, 4.69) is 6.58 Å². The average molecular weight is 188 g/mol. The third kappa shape index (κ3) is 2.46. The van der Waals surface area contributed by atoms with Crippen LogP contribution in [0.15, 0.2) is 36.9 Å². The van der Waals surface area contributed by atoms with Crippen LogP contribution in [0.4, 0.5) is 0 Å². The van der Waals surface area contributed by atoms with Gasteiger partial charge in [0, 0.05) is 19.2 Å². The minimum Gasteiger partial charge on any atom is -0.356 e. The molecule has 0 unspecified atom stereocenters. The average Bonchev–Trinajstić information content (AvgIpc) is 2.18. The SMILES string of the molecule is C=CCN(C)C(=N)c1ccc(C)cc1. The van der Waals surface area contributed by atoms with E-state index in [0.29, 0.717) is 12.4 Å². The van der Waals surface area contributed by atoms with Crippen molar-refractivity contribution in [2.45, 2.75) is 6.92 Å². The van der Waals surface area contributed by atoms with Gasteiger partial charge < -0.3 is 4.90 Å². The van der Waals surface area contributed by atoms with Gasteiger partial charge in [0.25, 0.3) is 0 Å². The summed E-state index contributed by atoms with van der Waals surface area (Å²) in [6.45, 7) is 6.40. The lowest BCUT2D eigenvalue weighted by Crippen LogP contribution is -2.26. The molecule has 0 spiro atoms. The summed E-state index contributed by atoms with van der Waals surface area (Å²) in [7, 11) is 1.89. The summed E-state index contributed by atoms with van der Waals surface area (Å²) in [6, 6.07) is 7.98. The predicted molar refractivity (Wildman–Crippen MR) is 60.8 cm³/mol. The van der Waals surface area contributed by atoms with Gasteiger partial charge in [-0.25, -0.2) is 0 Å². The molecule has 0 amide bonds. The van der Waals surface area contributed by atoms with Gasteiger partial charge in [-0.2, -0.15) is 0 Å². The van der Waals surface area contributed by atoms with E-state index in [1.807, 2.05) is 43.1 Å². The molecule has 0 fully saturated rings. The molecule has 0 saturated carbocycles. The minimum atomic E-state index is 0.532. The first-order valence-corrected chi connectivity index (χ1v) is 4.62. The van der Waals surface area contributed by atoms with E-state index in [1.165, 1.54) is 5.56 Å². The Morgan fingerprint density at radius 2 is 2.00 bits per heavy atom. The van der Waals surface area contributed by atoms with E-state index in [4.69, 9.17) is 5.41 Å². The minimum absolute atomic E-state index is 0.532. The maximum Gasteiger partial charge on any atom is 0.128 e. The lowest BCUT2D eigenvalue weighted by molar-refractivity contribution is 0.561. The largest absolute Gasteiger partial charge is 0.356 e. The van der Waals surface area contributed by atoms with Gasteiger partial charge in [0.15, 0.2) is 0 Å². The highest BCUT2D eigenvalue weighted by Crippen LogP contribution is 2.05. The summed E-state index contributed by atoms with van der Waals surface area (Å²) in [6.07, 6.45) is 1.79. The molecule has 0 aliphatic carbocycles. The van der Waals surface area contributed by atoms with Crippen molar-refractivity contribution in [2.24, 2.45) is 0 Å². The Hall–Kier alpha value is -1.57. The predicted octanol–water partition coefficient (Wildman–Crippen LogP) is 2.44. The van der Waals surface area contributed by atoms with Gasteiger partial charge in [0.2, 0.25) is 0 Å². The number of nitrogens with one attached hydrogen (secondary N) is 1. The molecule has 0 aromatic heterocycles. The Balaban J connectivity index is 2.78. The zero-order valence-electron chi connectivity index (χ0n) is 8.75. The third-order valence-corrected chi connectivity index (χ3v) is 2.11. The zero-order valence-corrected chi connectivity index (χ0v) is 8.75. The fourth-order valence-electron chi connectivity index (χ4n) is 1.22. The standard InChI is InChI=1S/C12H16N2/c1-4-9-14(3)12(13)11-7-5-10(2)6-8-11/h4-8,13H,1,9H2,2-3H3. The molecule has 1 aromatic rings. The smallest absolute Gasteiger partial charge is 0.128 e. The molecule has 1 N–H and O–H groups in total. The number of aryl methyl sites for hydroxylation is 1. The Kier molecular flexibility index (Phi) is 3.46. The van der Waals surface area contributed by atoms with Crippen molar-refractivity contribution >= 4 is 5.84 Å². The number of nitrogens with zero attached hydrogens (tertiary/aromatic N) is 1. The van der Waals surface area contributed by atoms with Crippen molar-refractivity contribution in [2.75, 3.05) is 13.6 Å².